The number of carboxylic acid groups (broad SMARTS) is 2. The van der Waals surface area contributed by atoms with Crippen LogP contribution in [0.4, 0.5) is 0 Å². The Morgan fingerprint density at radius 2 is 1.79 bits per heavy atom. The van der Waals surface area contributed by atoms with Gasteiger partial charge in [0.2, 0.25) is 11.8 Å². The van der Waals surface area contributed by atoms with Crippen LogP contribution in [-0.4, -0.2) is 69.4 Å². The van der Waals surface area contributed by atoms with Gasteiger partial charge in [0.15, 0.2) is 0 Å². The fourth-order valence-electron chi connectivity index (χ4n) is 2.22. The predicted molar refractivity (Wildman–Crippen MR) is 104 cm³/mol. The third kappa shape index (κ3) is 12.3. The van der Waals surface area contributed by atoms with E-state index < -0.39 is 42.4 Å². The van der Waals surface area contributed by atoms with Crippen LogP contribution in [-0.2, 0) is 24.0 Å². The first kappa shape index (κ1) is 25.9. The first-order valence-corrected chi connectivity index (χ1v) is 9.99. The highest BCUT2D eigenvalue weighted by atomic mass is 32.2. The largest absolute Gasteiger partial charge is 0.480 e. The summed E-state index contributed by atoms with van der Waals surface area (Å²) >= 11 is 1.35. The van der Waals surface area contributed by atoms with Crippen molar-refractivity contribution in [2.75, 3.05) is 12.3 Å². The summed E-state index contributed by atoms with van der Waals surface area (Å²) in [4.78, 5) is 56.9. The number of amides is 2. The van der Waals surface area contributed by atoms with Gasteiger partial charge in [-0.1, -0.05) is 6.92 Å². The van der Waals surface area contributed by atoms with Crippen molar-refractivity contribution in [3.05, 3.63) is 0 Å². The average Bonchev–Trinajstić information content (AvgIpc) is 2.61. The molecular formula is C17H29N3O7S. The maximum absolute atomic E-state index is 12.2. The monoisotopic (exact) mass is 419 g/mol. The van der Waals surface area contributed by atoms with Crippen LogP contribution >= 0.6 is 11.8 Å². The summed E-state index contributed by atoms with van der Waals surface area (Å²) in [5.74, 6) is -3.27. The smallest absolute Gasteiger partial charge is 0.322 e. The van der Waals surface area contributed by atoms with E-state index in [4.69, 9.17) is 15.9 Å². The third-order valence-electron chi connectivity index (χ3n) is 3.77. The van der Waals surface area contributed by atoms with Crippen molar-refractivity contribution in [1.29, 1.82) is 0 Å². The summed E-state index contributed by atoms with van der Waals surface area (Å²) in [5, 5.41) is 22.2. The van der Waals surface area contributed by atoms with Crippen molar-refractivity contribution in [2.45, 2.75) is 63.3 Å². The molecule has 6 N–H and O–H groups in total. The van der Waals surface area contributed by atoms with Crippen LogP contribution in [0.25, 0.3) is 0 Å². The first-order valence-electron chi connectivity index (χ1n) is 8.95. The predicted octanol–water partition coefficient (Wildman–Crippen LogP) is -0.255. The van der Waals surface area contributed by atoms with Crippen LogP contribution in [0.1, 0.15) is 46.0 Å². The summed E-state index contributed by atoms with van der Waals surface area (Å²) in [6, 6.07) is -2.03. The van der Waals surface area contributed by atoms with Crippen molar-refractivity contribution >= 4 is 41.3 Å². The maximum atomic E-state index is 12.2. The number of aliphatic carboxylic acids is 2. The zero-order chi connectivity index (χ0) is 21.7. The number of ketones is 1. The standard InChI is InChI=1S/C17H29N3O7S/c1-3-11(7-10(2)21)28-9-13(16(25)19-8-15(23)24)20-14(22)6-4-5-12(18)17(26)27/h11-13H,3-9,18H2,1-2H3,(H,19,25)(H,20,22)(H,23,24)(H,26,27). The molecule has 160 valence electrons. The van der Waals surface area contributed by atoms with E-state index >= 15 is 0 Å². The minimum atomic E-state index is -1.21. The average molecular weight is 420 g/mol. The number of carboxylic acids is 2. The second kappa shape index (κ2) is 13.9. The van der Waals surface area contributed by atoms with E-state index in [0.717, 1.165) is 0 Å². The number of nitrogens with two attached hydrogens (primary N) is 1. The molecule has 0 aromatic heterocycles. The fraction of sp³-hybridized carbons (Fsp3) is 0.706. The van der Waals surface area contributed by atoms with Gasteiger partial charge in [-0.3, -0.25) is 24.0 Å². The Balaban J connectivity index is 4.76. The van der Waals surface area contributed by atoms with Crippen LogP contribution in [0, 0.1) is 0 Å². The van der Waals surface area contributed by atoms with Crippen molar-refractivity contribution in [3.8, 4) is 0 Å². The van der Waals surface area contributed by atoms with Crippen LogP contribution in [0.5, 0.6) is 0 Å². The summed E-state index contributed by atoms with van der Waals surface area (Å²) in [6.07, 6.45) is 1.38. The van der Waals surface area contributed by atoms with Crippen LogP contribution in [0.2, 0.25) is 0 Å². The molecule has 0 aromatic rings. The molecule has 0 radical (unpaired) electrons. The van der Waals surface area contributed by atoms with Crippen molar-refractivity contribution < 1.29 is 34.2 Å². The van der Waals surface area contributed by atoms with Crippen LogP contribution < -0.4 is 16.4 Å². The Bertz CT molecular complexity index is 571. The third-order valence-corrected chi connectivity index (χ3v) is 5.27. The Morgan fingerprint density at radius 1 is 1.14 bits per heavy atom. The highest BCUT2D eigenvalue weighted by molar-refractivity contribution is 8.00. The molecule has 0 aliphatic rings. The first-order chi connectivity index (χ1) is 13.1. The molecule has 10 nitrogen and oxygen atoms in total. The molecule has 11 heteroatoms. The van der Waals surface area contributed by atoms with Gasteiger partial charge in [-0.15, -0.1) is 0 Å². The van der Waals surface area contributed by atoms with E-state index in [-0.39, 0.29) is 36.0 Å². The lowest BCUT2D eigenvalue weighted by Crippen LogP contribution is -2.49. The van der Waals surface area contributed by atoms with Gasteiger partial charge < -0.3 is 26.6 Å². The molecule has 0 fully saturated rings. The van der Waals surface area contributed by atoms with Gasteiger partial charge in [0, 0.05) is 23.8 Å². The van der Waals surface area contributed by atoms with Crippen molar-refractivity contribution in [1.82, 2.24) is 10.6 Å². The molecule has 0 aliphatic heterocycles. The van der Waals surface area contributed by atoms with E-state index in [9.17, 15) is 24.0 Å². The molecular weight excluding hydrogens is 390 g/mol. The highest BCUT2D eigenvalue weighted by Crippen LogP contribution is 2.19. The maximum Gasteiger partial charge on any atom is 0.322 e. The molecule has 3 unspecified atom stereocenters. The van der Waals surface area contributed by atoms with Gasteiger partial charge in [0.05, 0.1) is 0 Å². The Morgan fingerprint density at radius 3 is 2.29 bits per heavy atom. The van der Waals surface area contributed by atoms with Gasteiger partial charge in [-0.25, -0.2) is 0 Å². The molecule has 3 atom stereocenters. The van der Waals surface area contributed by atoms with Crippen LogP contribution in [0.3, 0.4) is 0 Å². The lowest BCUT2D eigenvalue weighted by Gasteiger charge is -2.20. The number of carbonyl (C=O) groups excluding carboxylic acids is 3. The van der Waals surface area contributed by atoms with E-state index in [0.29, 0.717) is 12.8 Å². The molecule has 0 spiro atoms. The highest BCUT2D eigenvalue weighted by Gasteiger charge is 2.23. The number of carbonyl (C=O) groups is 5. The molecule has 0 saturated heterocycles. The summed E-state index contributed by atoms with van der Waals surface area (Å²) in [6.45, 7) is 2.81. The fourth-order valence-corrected chi connectivity index (χ4v) is 3.50. The summed E-state index contributed by atoms with van der Waals surface area (Å²) in [5.41, 5.74) is 5.37. The van der Waals surface area contributed by atoms with E-state index in [2.05, 4.69) is 10.6 Å². The second-order valence-corrected chi connectivity index (χ2v) is 7.67. The normalized spacial score (nSPS) is 13.8. The molecule has 28 heavy (non-hydrogen) atoms. The Labute approximate surface area is 168 Å². The molecule has 0 aliphatic carbocycles. The van der Waals surface area contributed by atoms with Gasteiger partial charge in [-0.2, -0.15) is 11.8 Å². The number of hydrogen-bond acceptors (Lipinski definition) is 7. The Hall–Kier alpha value is -2.14. The van der Waals surface area contributed by atoms with Crippen molar-refractivity contribution in [3.63, 3.8) is 0 Å². The quantitative estimate of drug-likeness (QED) is 0.239. The minimum Gasteiger partial charge on any atom is -0.480 e. The lowest BCUT2D eigenvalue weighted by molar-refractivity contribution is -0.139. The lowest BCUT2D eigenvalue weighted by atomic mass is 10.1. The van der Waals surface area contributed by atoms with Gasteiger partial charge in [0.1, 0.15) is 24.4 Å². The number of nitrogens with one attached hydrogen (secondary N) is 2. The summed E-state index contributed by atoms with van der Waals surface area (Å²) < 4.78 is 0. The van der Waals surface area contributed by atoms with E-state index in [1.165, 1.54) is 18.7 Å². The minimum absolute atomic E-state index is 0.0149. The molecule has 0 heterocycles. The SMILES string of the molecule is CCC(CC(C)=O)SCC(NC(=O)CCCC(N)C(=O)O)C(=O)NCC(=O)O. The topological polar surface area (TPSA) is 176 Å². The number of rotatable bonds is 15. The molecule has 0 bridgehead atoms. The molecule has 0 rings (SSSR count). The summed E-state index contributed by atoms with van der Waals surface area (Å²) in [7, 11) is 0. The molecule has 0 saturated carbocycles. The van der Waals surface area contributed by atoms with Gasteiger partial charge >= 0.3 is 11.9 Å². The van der Waals surface area contributed by atoms with Gasteiger partial charge in [-0.05, 0) is 26.2 Å². The molecule has 0 aromatic carbocycles. The zero-order valence-corrected chi connectivity index (χ0v) is 16.9. The zero-order valence-electron chi connectivity index (χ0n) is 16.1. The number of thioether (sulfide) groups is 1. The van der Waals surface area contributed by atoms with E-state index in [1.807, 2.05) is 6.92 Å². The van der Waals surface area contributed by atoms with E-state index in [1.54, 1.807) is 0 Å². The number of Topliss-reactive ketones (excluding diaryl/α,β-unsaturated/α-hetero) is 1. The van der Waals surface area contributed by atoms with Crippen molar-refractivity contribution in [2.24, 2.45) is 5.73 Å². The second-order valence-electron chi connectivity index (χ2n) is 6.34. The Kier molecular flexibility index (Phi) is 12.9. The number of hydrogen-bond donors (Lipinski definition) is 5. The van der Waals surface area contributed by atoms with Crippen LogP contribution in [0.15, 0.2) is 0 Å². The van der Waals surface area contributed by atoms with Gasteiger partial charge in [0.25, 0.3) is 0 Å². The molecule has 2 amide bonds.